The van der Waals surface area contributed by atoms with Gasteiger partial charge in [0.1, 0.15) is 6.61 Å². The molecular weight excluding hydrogens is 518 g/mol. The molecule has 0 aliphatic heterocycles. The Morgan fingerprint density at radius 2 is 1.76 bits per heavy atom. The lowest BCUT2D eigenvalue weighted by Gasteiger charge is -2.15. The van der Waals surface area contributed by atoms with Crippen molar-refractivity contribution < 1.29 is 9.47 Å². The van der Waals surface area contributed by atoms with E-state index in [2.05, 4.69) is 36.9 Å². The van der Waals surface area contributed by atoms with Gasteiger partial charge in [0.15, 0.2) is 11.5 Å². The highest BCUT2D eigenvalue weighted by molar-refractivity contribution is 9.10. The maximum Gasteiger partial charge on any atom is 0.175 e. The number of halogens is 3. The van der Waals surface area contributed by atoms with Crippen molar-refractivity contribution in [2.75, 3.05) is 6.61 Å². The molecule has 3 rings (SSSR count). The molecular formula is C23H20Br2ClNO2. The summed E-state index contributed by atoms with van der Waals surface area (Å²) in [7, 11) is 0. The number of aryl methyl sites for hydroxylation is 1. The van der Waals surface area contributed by atoms with Crippen molar-refractivity contribution in [2.45, 2.75) is 20.5 Å². The molecule has 0 aromatic heterocycles. The molecule has 3 nitrogen and oxygen atoms in total. The average Bonchev–Trinajstić information content (AvgIpc) is 2.70. The van der Waals surface area contributed by atoms with Gasteiger partial charge in [-0.2, -0.15) is 0 Å². The predicted octanol–water partition coefficient (Wildman–Crippen LogP) is 7.90. The summed E-state index contributed by atoms with van der Waals surface area (Å²) in [5.74, 6) is 1.34. The van der Waals surface area contributed by atoms with Gasteiger partial charge in [-0.1, -0.05) is 45.7 Å². The zero-order valence-electron chi connectivity index (χ0n) is 16.1. The second-order valence-corrected chi connectivity index (χ2v) is 8.55. The van der Waals surface area contributed by atoms with E-state index in [1.807, 2.05) is 68.4 Å². The summed E-state index contributed by atoms with van der Waals surface area (Å²) in [4.78, 5) is 4.52. The van der Waals surface area contributed by atoms with Gasteiger partial charge in [0, 0.05) is 15.7 Å². The zero-order chi connectivity index (χ0) is 20.8. The molecule has 3 aromatic rings. The van der Waals surface area contributed by atoms with E-state index in [1.165, 1.54) is 0 Å². The minimum absolute atomic E-state index is 0.446. The van der Waals surface area contributed by atoms with Crippen LogP contribution in [0.3, 0.4) is 0 Å². The standard InChI is InChI=1S/C23H20Br2ClNO2/c1-3-28-22-11-17(13-27-19-9-4-15(2)21(26)12-19)10-20(25)23(22)29-14-16-5-7-18(24)8-6-16/h4-13H,3,14H2,1-2H3. The van der Waals surface area contributed by atoms with Crippen LogP contribution in [0.1, 0.15) is 23.6 Å². The molecule has 0 aliphatic carbocycles. The van der Waals surface area contributed by atoms with Gasteiger partial charge < -0.3 is 9.47 Å². The second-order valence-electron chi connectivity index (χ2n) is 6.37. The van der Waals surface area contributed by atoms with E-state index in [4.69, 9.17) is 21.1 Å². The van der Waals surface area contributed by atoms with Crippen molar-refractivity contribution >= 4 is 55.4 Å². The quantitative estimate of drug-likeness (QED) is 0.287. The fourth-order valence-electron chi connectivity index (χ4n) is 2.61. The van der Waals surface area contributed by atoms with Crippen molar-refractivity contribution in [2.24, 2.45) is 4.99 Å². The van der Waals surface area contributed by atoms with Crippen LogP contribution in [0, 0.1) is 6.92 Å². The molecule has 0 saturated heterocycles. The van der Waals surface area contributed by atoms with Gasteiger partial charge in [0.2, 0.25) is 0 Å². The van der Waals surface area contributed by atoms with Crippen molar-refractivity contribution in [3.8, 4) is 11.5 Å². The Morgan fingerprint density at radius 3 is 2.45 bits per heavy atom. The third-order valence-electron chi connectivity index (χ3n) is 4.15. The fourth-order valence-corrected chi connectivity index (χ4v) is 3.63. The molecule has 0 bridgehead atoms. The van der Waals surface area contributed by atoms with E-state index < -0.39 is 0 Å². The van der Waals surface area contributed by atoms with Crippen molar-refractivity contribution in [3.05, 3.63) is 85.3 Å². The number of aliphatic imine (C=N–C) groups is 1. The van der Waals surface area contributed by atoms with Crippen LogP contribution in [0.25, 0.3) is 0 Å². The molecule has 0 saturated carbocycles. The first-order valence-corrected chi connectivity index (χ1v) is 11.1. The highest BCUT2D eigenvalue weighted by Crippen LogP contribution is 2.37. The summed E-state index contributed by atoms with van der Waals surface area (Å²) in [6.07, 6.45) is 1.78. The maximum atomic E-state index is 6.18. The zero-order valence-corrected chi connectivity index (χ0v) is 20.0. The SMILES string of the molecule is CCOc1cc(C=Nc2ccc(C)c(Cl)c2)cc(Br)c1OCc1ccc(Br)cc1. The highest BCUT2D eigenvalue weighted by Gasteiger charge is 2.12. The number of hydrogen-bond acceptors (Lipinski definition) is 3. The molecule has 0 N–H and O–H groups in total. The molecule has 150 valence electrons. The molecule has 0 amide bonds. The number of hydrogen-bond donors (Lipinski definition) is 0. The summed E-state index contributed by atoms with van der Waals surface area (Å²) in [6, 6.07) is 17.6. The Labute approximate surface area is 193 Å². The van der Waals surface area contributed by atoms with E-state index >= 15 is 0 Å². The summed E-state index contributed by atoms with van der Waals surface area (Å²) in [6.45, 7) is 4.90. The van der Waals surface area contributed by atoms with Crippen LogP contribution >= 0.6 is 43.5 Å². The van der Waals surface area contributed by atoms with E-state index in [0.717, 1.165) is 31.3 Å². The van der Waals surface area contributed by atoms with E-state index in [1.54, 1.807) is 6.21 Å². The normalized spacial score (nSPS) is 11.1. The van der Waals surface area contributed by atoms with Crippen LogP contribution in [0.15, 0.2) is 68.5 Å². The van der Waals surface area contributed by atoms with Crippen molar-refractivity contribution in [1.82, 2.24) is 0 Å². The van der Waals surface area contributed by atoms with E-state index in [9.17, 15) is 0 Å². The first-order valence-electron chi connectivity index (χ1n) is 9.10. The number of benzene rings is 3. The van der Waals surface area contributed by atoms with Gasteiger partial charge in [0.05, 0.1) is 16.8 Å². The van der Waals surface area contributed by atoms with Crippen LogP contribution < -0.4 is 9.47 Å². The van der Waals surface area contributed by atoms with Gasteiger partial charge in [-0.3, -0.25) is 4.99 Å². The van der Waals surface area contributed by atoms with Gasteiger partial charge >= 0.3 is 0 Å². The Kier molecular flexibility index (Phi) is 7.76. The molecule has 0 radical (unpaired) electrons. The summed E-state index contributed by atoms with van der Waals surface area (Å²) >= 11 is 13.2. The molecule has 0 atom stereocenters. The third-order valence-corrected chi connectivity index (χ3v) is 5.67. The number of ether oxygens (including phenoxy) is 2. The van der Waals surface area contributed by atoms with Gasteiger partial charge in [-0.25, -0.2) is 0 Å². The van der Waals surface area contributed by atoms with Gasteiger partial charge in [-0.05, 0) is 82.9 Å². The molecule has 6 heteroatoms. The maximum absolute atomic E-state index is 6.18. The van der Waals surface area contributed by atoms with Gasteiger partial charge in [0.25, 0.3) is 0 Å². The molecule has 0 spiro atoms. The molecule has 0 heterocycles. The lowest BCUT2D eigenvalue weighted by molar-refractivity contribution is 0.267. The smallest absolute Gasteiger partial charge is 0.175 e. The van der Waals surface area contributed by atoms with E-state index in [0.29, 0.717) is 29.7 Å². The highest BCUT2D eigenvalue weighted by atomic mass is 79.9. The minimum Gasteiger partial charge on any atom is -0.490 e. The van der Waals surface area contributed by atoms with Crippen molar-refractivity contribution in [1.29, 1.82) is 0 Å². The Hall–Kier alpha value is -1.82. The first kappa shape index (κ1) is 21.9. The van der Waals surface area contributed by atoms with Crippen molar-refractivity contribution in [3.63, 3.8) is 0 Å². The summed E-state index contributed by atoms with van der Waals surface area (Å²) < 4.78 is 13.7. The first-order chi connectivity index (χ1) is 14.0. The Balaban J connectivity index is 1.82. The average molecular weight is 538 g/mol. The van der Waals surface area contributed by atoms with Crippen LogP contribution in [-0.4, -0.2) is 12.8 Å². The van der Waals surface area contributed by atoms with Crippen LogP contribution in [-0.2, 0) is 6.61 Å². The molecule has 3 aromatic carbocycles. The predicted molar refractivity (Wildman–Crippen MR) is 127 cm³/mol. The van der Waals surface area contributed by atoms with Crippen LogP contribution in [0.4, 0.5) is 5.69 Å². The van der Waals surface area contributed by atoms with Crippen LogP contribution in [0.5, 0.6) is 11.5 Å². The summed E-state index contributed by atoms with van der Waals surface area (Å²) in [5, 5.41) is 0.701. The minimum atomic E-state index is 0.446. The number of nitrogens with zero attached hydrogens (tertiary/aromatic N) is 1. The molecule has 0 fully saturated rings. The molecule has 0 unspecified atom stereocenters. The Bertz CT molecular complexity index is 1020. The summed E-state index contributed by atoms with van der Waals surface area (Å²) in [5.41, 5.74) is 3.79. The van der Waals surface area contributed by atoms with Crippen LogP contribution in [0.2, 0.25) is 5.02 Å². The molecule has 0 aliphatic rings. The largest absolute Gasteiger partial charge is 0.490 e. The lowest BCUT2D eigenvalue weighted by Crippen LogP contribution is -2.01. The topological polar surface area (TPSA) is 30.8 Å². The monoisotopic (exact) mass is 535 g/mol. The lowest BCUT2D eigenvalue weighted by atomic mass is 10.2. The number of rotatable bonds is 7. The van der Waals surface area contributed by atoms with Gasteiger partial charge in [-0.15, -0.1) is 0 Å². The fraction of sp³-hybridized carbons (Fsp3) is 0.174. The van der Waals surface area contributed by atoms with E-state index in [-0.39, 0.29) is 0 Å². The Morgan fingerprint density at radius 1 is 1.00 bits per heavy atom. The third kappa shape index (κ3) is 6.08. The second kappa shape index (κ2) is 10.3. The molecule has 29 heavy (non-hydrogen) atoms.